The highest BCUT2D eigenvalue weighted by Gasteiger charge is 2.13. The number of aryl methyl sites for hydroxylation is 1. The van der Waals surface area contributed by atoms with E-state index < -0.39 is 0 Å². The SMILES string of the molecule is Cc1ccc(Cl)c(Nc2cccc(Br)c2C(N)=S)c1Cl. The first kappa shape index (κ1) is 15.6. The van der Waals surface area contributed by atoms with E-state index in [0.717, 1.165) is 21.3 Å². The van der Waals surface area contributed by atoms with Crippen LogP contribution in [0.2, 0.25) is 10.0 Å². The van der Waals surface area contributed by atoms with Crippen LogP contribution in [0.4, 0.5) is 11.4 Å². The van der Waals surface area contributed by atoms with Crippen molar-refractivity contribution in [2.45, 2.75) is 6.92 Å². The summed E-state index contributed by atoms with van der Waals surface area (Å²) in [5.74, 6) is 0. The second-order valence-corrected chi connectivity index (χ2v) is 6.28. The van der Waals surface area contributed by atoms with Crippen LogP contribution in [0, 0.1) is 6.92 Å². The number of hydrogen-bond donors (Lipinski definition) is 2. The first-order chi connectivity index (χ1) is 9.41. The molecule has 2 aromatic carbocycles. The minimum Gasteiger partial charge on any atom is -0.389 e. The van der Waals surface area contributed by atoms with Gasteiger partial charge in [-0.15, -0.1) is 0 Å². The fourth-order valence-electron chi connectivity index (χ4n) is 1.78. The summed E-state index contributed by atoms with van der Waals surface area (Å²) >= 11 is 21.0. The van der Waals surface area contributed by atoms with E-state index in [9.17, 15) is 0 Å². The zero-order valence-corrected chi connectivity index (χ0v) is 14.4. The van der Waals surface area contributed by atoms with Gasteiger partial charge in [0.15, 0.2) is 0 Å². The summed E-state index contributed by atoms with van der Waals surface area (Å²) in [4.78, 5) is 0.292. The third-order valence-electron chi connectivity index (χ3n) is 2.80. The third-order valence-corrected chi connectivity index (χ3v) is 4.47. The molecule has 2 rings (SSSR count). The lowest BCUT2D eigenvalue weighted by Crippen LogP contribution is -2.13. The van der Waals surface area contributed by atoms with E-state index in [2.05, 4.69) is 21.2 Å². The van der Waals surface area contributed by atoms with Crippen LogP contribution < -0.4 is 11.1 Å². The molecule has 0 saturated carbocycles. The molecule has 0 fully saturated rings. The van der Waals surface area contributed by atoms with Gasteiger partial charge in [0.1, 0.15) is 4.99 Å². The highest BCUT2D eigenvalue weighted by atomic mass is 79.9. The van der Waals surface area contributed by atoms with E-state index in [-0.39, 0.29) is 0 Å². The van der Waals surface area contributed by atoms with Gasteiger partial charge in [-0.3, -0.25) is 0 Å². The average Bonchev–Trinajstić information content (AvgIpc) is 2.39. The van der Waals surface area contributed by atoms with Crippen LogP contribution in [0.5, 0.6) is 0 Å². The van der Waals surface area contributed by atoms with Gasteiger partial charge in [-0.1, -0.05) is 47.6 Å². The van der Waals surface area contributed by atoms with Gasteiger partial charge in [0.25, 0.3) is 0 Å². The standard InChI is InChI=1S/C14H11BrCl2N2S/c1-7-5-6-9(16)13(12(7)17)19-10-4-2-3-8(15)11(10)14(18)20/h2-6,19H,1H3,(H2,18,20). The van der Waals surface area contributed by atoms with Crippen molar-refractivity contribution in [1.82, 2.24) is 0 Å². The lowest BCUT2D eigenvalue weighted by Gasteiger charge is -2.16. The van der Waals surface area contributed by atoms with Crippen LogP contribution in [0.3, 0.4) is 0 Å². The molecule has 20 heavy (non-hydrogen) atoms. The van der Waals surface area contributed by atoms with Crippen molar-refractivity contribution in [3.8, 4) is 0 Å². The van der Waals surface area contributed by atoms with Gasteiger partial charge in [-0.05, 0) is 46.6 Å². The predicted octanol–water partition coefficient (Wildman–Crippen LogP) is 5.44. The fourth-order valence-corrected chi connectivity index (χ4v) is 3.18. The largest absolute Gasteiger partial charge is 0.389 e. The molecule has 0 unspecified atom stereocenters. The lowest BCUT2D eigenvalue weighted by molar-refractivity contribution is 1.44. The summed E-state index contributed by atoms with van der Waals surface area (Å²) < 4.78 is 0.815. The summed E-state index contributed by atoms with van der Waals surface area (Å²) in [6.07, 6.45) is 0. The summed E-state index contributed by atoms with van der Waals surface area (Å²) in [5, 5.41) is 4.32. The van der Waals surface area contributed by atoms with Gasteiger partial charge in [-0.25, -0.2) is 0 Å². The van der Waals surface area contributed by atoms with Crippen LogP contribution in [0.15, 0.2) is 34.8 Å². The Balaban J connectivity index is 2.54. The number of benzene rings is 2. The fraction of sp³-hybridized carbons (Fsp3) is 0.0714. The first-order valence-corrected chi connectivity index (χ1v) is 7.67. The quantitative estimate of drug-likeness (QED) is 0.686. The number of rotatable bonds is 3. The topological polar surface area (TPSA) is 38.0 Å². The van der Waals surface area contributed by atoms with E-state index in [1.54, 1.807) is 6.07 Å². The molecule has 2 aromatic rings. The van der Waals surface area contributed by atoms with E-state index in [1.807, 2.05) is 31.2 Å². The van der Waals surface area contributed by atoms with E-state index in [1.165, 1.54) is 0 Å². The molecule has 104 valence electrons. The van der Waals surface area contributed by atoms with Gasteiger partial charge in [0, 0.05) is 15.7 Å². The summed E-state index contributed by atoms with van der Waals surface area (Å²) in [6, 6.07) is 9.29. The molecule has 0 radical (unpaired) electrons. The molecule has 0 aliphatic heterocycles. The van der Waals surface area contributed by atoms with Gasteiger partial charge in [0.2, 0.25) is 0 Å². The predicted molar refractivity (Wildman–Crippen MR) is 94.5 cm³/mol. The van der Waals surface area contributed by atoms with Crippen molar-refractivity contribution in [3.05, 3.63) is 56.0 Å². The molecular weight excluding hydrogens is 379 g/mol. The summed E-state index contributed by atoms with van der Waals surface area (Å²) in [5.41, 5.74) is 8.82. The number of thiocarbonyl (C=S) groups is 1. The van der Waals surface area contributed by atoms with Crippen LogP contribution in [0.1, 0.15) is 11.1 Å². The molecule has 0 aliphatic rings. The van der Waals surface area contributed by atoms with Crippen molar-refractivity contribution in [2.24, 2.45) is 5.73 Å². The highest BCUT2D eigenvalue weighted by Crippen LogP contribution is 2.37. The molecule has 0 atom stereocenters. The molecule has 0 amide bonds. The Hall–Kier alpha value is -0.810. The number of hydrogen-bond acceptors (Lipinski definition) is 2. The van der Waals surface area contributed by atoms with Gasteiger partial charge in [-0.2, -0.15) is 0 Å². The van der Waals surface area contributed by atoms with E-state index >= 15 is 0 Å². The Morgan fingerprint density at radius 3 is 2.60 bits per heavy atom. The number of halogens is 3. The van der Waals surface area contributed by atoms with Crippen LogP contribution in [-0.4, -0.2) is 4.99 Å². The van der Waals surface area contributed by atoms with Crippen molar-refractivity contribution in [1.29, 1.82) is 0 Å². The maximum atomic E-state index is 6.30. The van der Waals surface area contributed by atoms with Crippen molar-refractivity contribution in [3.63, 3.8) is 0 Å². The Labute approximate surface area is 141 Å². The molecule has 0 aromatic heterocycles. The van der Waals surface area contributed by atoms with E-state index in [4.69, 9.17) is 41.2 Å². The summed E-state index contributed by atoms with van der Waals surface area (Å²) in [6.45, 7) is 1.92. The molecule has 0 heterocycles. The zero-order valence-electron chi connectivity index (χ0n) is 10.5. The molecule has 6 heteroatoms. The first-order valence-electron chi connectivity index (χ1n) is 5.71. The number of anilines is 2. The van der Waals surface area contributed by atoms with Crippen LogP contribution in [-0.2, 0) is 0 Å². The maximum Gasteiger partial charge on any atom is 0.107 e. The monoisotopic (exact) mass is 388 g/mol. The smallest absolute Gasteiger partial charge is 0.107 e. The second kappa shape index (κ2) is 6.31. The number of nitrogens with two attached hydrogens (primary N) is 1. The molecule has 2 nitrogen and oxygen atoms in total. The van der Waals surface area contributed by atoms with Crippen molar-refractivity contribution in [2.75, 3.05) is 5.32 Å². The lowest BCUT2D eigenvalue weighted by atomic mass is 10.1. The van der Waals surface area contributed by atoms with Gasteiger partial charge < -0.3 is 11.1 Å². The normalized spacial score (nSPS) is 10.4. The molecule has 0 spiro atoms. The third kappa shape index (κ3) is 3.09. The molecular formula is C14H11BrCl2N2S. The van der Waals surface area contributed by atoms with Crippen LogP contribution in [0.25, 0.3) is 0 Å². The Bertz CT molecular complexity index is 689. The highest BCUT2D eigenvalue weighted by molar-refractivity contribution is 9.10. The van der Waals surface area contributed by atoms with Crippen LogP contribution >= 0.6 is 51.3 Å². The van der Waals surface area contributed by atoms with E-state index in [0.29, 0.717) is 20.7 Å². The molecule has 0 aliphatic carbocycles. The molecule has 3 N–H and O–H groups in total. The zero-order chi connectivity index (χ0) is 14.9. The Kier molecular flexibility index (Phi) is 4.91. The maximum absolute atomic E-state index is 6.30. The molecule has 0 saturated heterocycles. The Morgan fingerprint density at radius 2 is 1.95 bits per heavy atom. The summed E-state index contributed by atoms with van der Waals surface area (Å²) in [7, 11) is 0. The van der Waals surface area contributed by atoms with Gasteiger partial charge in [0.05, 0.1) is 15.7 Å². The average molecular weight is 390 g/mol. The minimum atomic E-state index is 0.292. The minimum absolute atomic E-state index is 0.292. The second-order valence-electron chi connectivity index (χ2n) is 4.20. The molecule has 0 bridgehead atoms. The van der Waals surface area contributed by atoms with Gasteiger partial charge >= 0.3 is 0 Å². The van der Waals surface area contributed by atoms with Crippen molar-refractivity contribution < 1.29 is 0 Å². The Morgan fingerprint density at radius 1 is 1.25 bits per heavy atom. The van der Waals surface area contributed by atoms with Crippen molar-refractivity contribution >= 4 is 67.7 Å². The number of nitrogens with one attached hydrogen (secondary N) is 1.